The van der Waals surface area contributed by atoms with Crippen LogP contribution in [0.5, 0.6) is 0 Å². The maximum atomic E-state index is 13.2. The lowest BCUT2D eigenvalue weighted by atomic mass is 10.00. The summed E-state index contributed by atoms with van der Waals surface area (Å²) in [5.74, 6) is -1.72. The van der Waals surface area contributed by atoms with Crippen molar-refractivity contribution >= 4 is 17.8 Å². The number of aryl methyl sites for hydroxylation is 1. The summed E-state index contributed by atoms with van der Waals surface area (Å²) >= 11 is 0. The highest BCUT2D eigenvalue weighted by atomic mass is 16.4. The molecule has 0 saturated carbocycles. The van der Waals surface area contributed by atoms with Gasteiger partial charge in [-0.15, -0.1) is 0 Å². The summed E-state index contributed by atoms with van der Waals surface area (Å²) in [6, 6.07) is 7.27. The predicted molar refractivity (Wildman–Crippen MR) is 134 cm³/mol. The lowest BCUT2D eigenvalue weighted by molar-refractivity contribution is -0.149. The van der Waals surface area contributed by atoms with Gasteiger partial charge in [-0.05, 0) is 57.7 Å². The first-order valence-corrected chi connectivity index (χ1v) is 12.4. The molecule has 1 aromatic rings. The highest BCUT2D eigenvalue weighted by molar-refractivity contribution is 5.88. The average Bonchev–Trinajstić information content (AvgIpc) is 3.29. The molecule has 8 nitrogen and oxygen atoms in total. The van der Waals surface area contributed by atoms with E-state index in [0.29, 0.717) is 44.6 Å². The van der Waals surface area contributed by atoms with Crippen molar-refractivity contribution in [2.45, 2.75) is 83.3 Å². The van der Waals surface area contributed by atoms with E-state index in [-0.39, 0.29) is 5.91 Å². The number of carboxylic acid groups (broad SMARTS) is 2. The van der Waals surface area contributed by atoms with Crippen molar-refractivity contribution in [2.75, 3.05) is 20.6 Å². The molecule has 1 aliphatic heterocycles. The van der Waals surface area contributed by atoms with Crippen LogP contribution in [0.25, 0.3) is 0 Å². The number of rotatable bonds is 13. The van der Waals surface area contributed by atoms with E-state index in [1.54, 1.807) is 0 Å². The van der Waals surface area contributed by atoms with Crippen LogP contribution in [-0.4, -0.2) is 71.7 Å². The van der Waals surface area contributed by atoms with Gasteiger partial charge in [0.25, 0.3) is 0 Å². The van der Waals surface area contributed by atoms with Crippen molar-refractivity contribution < 1.29 is 24.6 Å². The van der Waals surface area contributed by atoms with Gasteiger partial charge in [0.1, 0.15) is 12.1 Å². The number of likely N-dealkylation sites (tertiary alicyclic amines) is 1. The molecule has 1 aromatic carbocycles. The summed E-state index contributed by atoms with van der Waals surface area (Å²) in [6.07, 6.45) is 5.32. The second-order valence-electron chi connectivity index (χ2n) is 9.34. The first kappa shape index (κ1) is 29.6. The van der Waals surface area contributed by atoms with E-state index in [0.717, 1.165) is 24.8 Å². The molecule has 0 aliphatic carbocycles. The summed E-state index contributed by atoms with van der Waals surface area (Å²) in [6.45, 7) is 4.70. The minimum absolute atomic E-state index is 0.291. The molecule has 1 saturated heterocycles. The molecular formula is C26H43N3O5. The smallest absolute Gasteiger partial charge is 0.326 e. The van der Waals surface area contributed by atoms with Gasteiger partial charge in [0.15, 0.2) is 0 Å². The van der Waals surface area contributed by atoms with Gasteiger partial charge in [0, 0.05) is 6.54 Å². The van der Waals surface area contributed by atoms with Gasteiger partial charge in [0.05, 0.1) is 6.04 Å². The number of carbonyl (C=O) groups is 3. The number of amides is 1. The van der Waals surface area contributed by atoms with Gasteiger partial charge in [-0.3, -0.25) is 14.9 Å². The number of carbonyl (C=O) groups excluding carboxylic acids is 1. The standard InChI is InChI=1S/C24H36N2O5.C2H7N/c1-17(2)9-6-7-12-19(22(27)26-16-8-13-21(26)24(30)31)25-20(23(28)29)15-14-18-10-4-3-5-11-18;1-3-2/h3-5,10-11,17,19-21,25H,6-9,12-16H2,1-2H3,(H,28,29)(H,30,31);3H,1-2H3/t19-,20-,21-;/m0./s1. The van der Waals surface area contributed by atoms with Crippen LogP contribution in [0.2, 0.25) is 0 Å². The molecule has 34 heavy (non-hydrogen) atoms. The van der Waals surface area contributed by atoms with Gasteiger partial charge in [-0.2, -0.15) is 0 Å². The van der Waals surface area contributed by atoms with E-state index in [1.165, 1.54) is 4.90 Å². The molecule has 0 aromatic heterocycles. The summed E-state index contributed by atoms with van der Waals surface area (Å²) in [4.78, 5) is 38.1. The van der Waals surface area contributed by atoms with Gasteiger partial charge >= 0.3 is 11.9 Å². The number of hydrogen-bond donors (Lipinski definition) is 4. The van der Waals surface area contributed by atoms with Crippen molar-refractivity contribution in [3.63, 3.8) is 0 Å². The number of nitrogens with one attached hydrogen (secondary N) is 2. The minimum Gasteiger partial charge on any atom is -0.480 e. The average molecular weight is 478 g/mol. The Kier molecular flexibility index (Phi) is 14.1. The Morgan fingerprint density at radius 1 is 1.00 bits per heavy atom. The number of carboxylic acids is 2. The van der Waals surface area contributed by atoms with Gasteiger partial charge in [-0.25, -0.2) is 4.79 Å². The summed E-state index contributed by atoms with van der Waals surface area (Å²) in [5, 5.41) is 25.0. The van der Waals surface area contributed by atoms with Crippen molar-refractivity contribution in [3.05, 3.63) is 35.9 Å². The van der Waals surface area contributed by atoms with E-state index in [1.807, 2.05) is 44.4 Å². The van der Waals surface area contributed by atoms with Crippen LogP contribution in [0.1, 0.15) is 64.4 Å². The second-order valence-corrected chi connectivity index (χ2v) is 9.34. The fourth-order valence-corrected chi connectivity index (χ4v) is 4.14. The third-order valence-corrected chi connectivity index (χ3v) is 5.91. The quantitative estimate of drug-likeness (QED) is 0.322. The minimum atomic E-state index is -0.997. The maximum Gasteiger partial charge on any atom is 0.326 e. The molecule has 1 fully saturated rings. The van der Waals surface area contributed by atoms with Crippen LogP contribution < -0.4 is 10.6 Å². The molecule has 3 atom stereocenters. The molecule has 192 valence electrons. The normalized spacial score (nSPS) is 17.1. The number of nitrogens with zero attached hydrogens (tertiary/aromatic N) is 1. The van der Waals surface area contributed by atoms with Crippen LogP contribution in [0.3, 0.4) is 0 Å². The molecule has 2 rings (SSSR count). The van der Waals surface area contributed by atoms with Gasteiger partial charge in [0.2, 0.25) is 5.91 Å². The van der Waals surface area contributed by atoms with Gasteiger partial charge in [-0.1, -0.05) is 63.4 Å². The molecule has 0 bridgehead atoms. The van der Waals surface area contributed by atoms with Crippen LogP contribution in [-0.2, 0) is 20.8 Å². The Bertz CT molecular complexity index is 741. The fourth-order valence-electron chi connectivity index (χ4n) is 4.14. The Balaban J connectivity index is 0.00000182. The second kappa shape index (κ2) is 16.2. The van der Waals surface area contributed by atoms with Crippen molar-refractivity contribution in [1.29, 1.82) is 0 Å². The van der Waals surface area contributed by atoms with E-state index in [4.69, 9.17) is 0 Å². The first-order valence-electron chi connectivity index (χ1n) is 12.4. The van der Waals surface area contributed by atoms with Crippen LogP contribution in [0.15, 0.2) is 30.3 Å². The fraction of sp³-hybridized carbons (Fsp3) is 0.654. The number of unbranched alkanes of at least 4 members (excludes halogenated alkanes) is 1. The SMILES string of the molecule is CC(C)CCCC[C@H](N[C@@H](CCc1ccccc1)C(=O)O)C(=O)N1CCC[C@H]1C(=O)O.CNC. The molecule has 1 amide bonds. The zero-order valence-electron chi connectivity index (χ0n) is 21.1. The summed E-state index contributed by atoms with van der Waals surface area (Å²) < 4.78 is 0. The topological polar surface area (TPSA) is 119 Å². The number of hydrogen-bond acceptors (Lipinski definition) is 5. The summed E-state index contributed by atoms with van der Waals surface area (Å²) in [5.41, 5.74) is 1.04. The zero-order chi connectivity index (χ0) is 25.5. The lowest BCUT2D eigenvalue weighted by Crippen LogP contribution is -2.54. The molecule has 1 aliphatic rings. The van der Waals surface area contributed by atoms with Crippen molar-refractivity contribution in [2.24, 2.45) is 5.92 Å². The Labute approximate surface area is 204 Å². The molecule has 0 radical (unpaired) electrons. The Morgan fingerprint density at radius 2 is 1.62 bits per heavy atom. The highest BCUT2D eigenvalue weighted by Crippen LogP contribution is 2.21. The highest BCUT2D eigenvalue weighted by Gasteiger charge is 2.38. The largest absolute Gasteiger partial charge is 0.480 e. The molecule has 0 unspecified atom stereocenters. The summed E-state index contributed by atoms with van der Waals surface area (Å²) in [7, 11) is 3.75. The molecule has 0 spiro atoms. The first-order chi connectivity index (χ1) is 16.2. The zero-order valence-corrected chi connectivity index (χ0v) is 21.1. The third-order valence-electron chi connectivity index (χ3n) is 5.91. The Hall–Kier alpha value is -2.45. The molecule has 4 N–H and O–H groups in total. The Morgan fingerprint density at radius 3 is 2.18 bits per heavy atom. The van der Waals surface area contributed by atoms with Gasteiger partial charge < -0.3 is 20.4 Å². The lowest BCUT2D eigenvalue weighted by Gasteiger charge is -2.29. The van der Waals surface area contributed by atoms with E-state index >= 15 is 0 Å². The molecule has 1 heterocycles. The van der Waals surface area contributed by atoms with E-state index in [9.17, 15) is 24.6 Å². The predicted octanol–water partition coefficient (Wildman–Crippen LogP) is 3.16. The third kappa shape index (κ3) is 10.7. The van der Waals surface area contributed by atoms with E-state index in [2.05, 4.69) is 24.5 Å². The van der Waals surface area contributed by atoms with Crippen LogP contribution >= 0.6 is 0 Å². The molecule has 8 heteroatoms. The van der Waals surface area contributed by atoms with E-state index < -0.39 is 30.1 Å². The van der Waals surface area contributed by atoms with Crippen LogP contribution in [0, 0.1) is 5.92 Å². The monoisotopic (exact) mass is 477 g/mol. The van der Waals surface area contributed by atoms with Crippen molar-refractivity contribution in [1.82, 2.24) is 15.5 Å². The number of benzene rings is 1. The number of aliphatic carboxylic acids is 2. The maximum absolute atomic E-state index is 13.2. The molecular weight excluding hydrogens is 434 g/mol. The van der Waals surface area contributed by atoms with Crippen molar-refractivity contribution in [3.8, 4) is 0 Å². The van der Waals surface area contributed by atoms with Crippen LogP contribution in [0.4, 0.5) is 0 Å².